The van der Waals surface area contributed by atoms with Crippen LogP contribution in [0.3, 0.4) is 0 Å². The van der Waals surface area contributed by atoms with Gasteiger partial charge in [-0.05, 0) is 36.8 Å². The molecular weight excluding hydrogens is 258 g/mol. The van der Waals surface area contributed by atoms with Gasteiger partial charge in [-0.25, -0.2) is 8.78 Å². The number of rotatable bonds is 2. The third-order valence-electron chi connectivity index (χ3n) is 2.59. The van der Waals surface area contributed by atoms with Crippen LogP contribution in [0.1, 0.15) is 17.3 Å². The van der Waals surface area contributed by atoms with Crippen molar-refractivity contribution in [1.82, 2.24) is 0 Å². The summed E-state index contributed by atoms with van der Waals surface area (Å²) in [5.74, 6) is -1.46. The Hall–Kier alpha value is -1.74. The lowest BCUT2D eigenvalue weighted by molar-refractivity contribution is 0.101. The van der Waals surface area contributed by atoms with Gasteiger partial charge in [-0.1, -0.05) is 17.7 Å². The van der Waals surface area contributed by atoms with E-state index in [4.69, 9.17) is 11.6 Å². The summed E-state index contributed by atoms with van der Waals surface area (Å²) in [5.41, 5.74) is 1.12. The van der Waals surface area contributed by atoms with Crippen LogP contribution in [0.4, 0.5) is 8.78 Å². The van der Waals surface area contributed by atoms with Crippen molar-refractivity contribution in [1.29, 1.82) is 0 Å². The van der Waals surface area contributed by atoms with Crippen LogP contribution < -0.4 is 0 Å². The molecule has 0 saturated carbocycles. The van der Waals surface area contributed by atoms with E-state index in [1.165, 1.54) is 31.2 Å². The molecule has 2 aromatic rings. The lowest BCUT2D eigenvalue weighted by Gasteiger charge is -2.06. The first-order valence-electron chi connectivity index (χ1n) is 5.25. The molecule has 1 nitrogen and oxygen atoms in total. The summed E-state index contributed by atoms with van der Waals surface area (Å²) in [4.78, 5) is 11.2. The summed E-state index contributed by atoms with van der Waals surface area (Å²) in [6.07, 6.45) is 0. The van der Waals surface area contributed by atoms with Gasteiger partial charge in [0.05, 0.1) is 5.02 Å². The van der Waals surface area contributed by atoms with Crippen LogP contribution in [0.5, 0.6) is 0 Å². The highest BCUT2D eigenvalue weighted by atomic mass is 35.5. The number of ketones is 1. The number of halogens is 3. The monoisotopic (exact) mass is 266 g/mol. The number of benzene rings is 2. The molecule has 0 aliphatic rings. The SMILES string of the molecule is CC(=O)c1ccc(-c2ccc(F)cc2F)cc1Cl. The first-order valence-corrected chi connectivity index (χ1v) is 5.63. The molecule has 2 rings (SSSR count). The second kappa shape index (κ2) is 4.86. The molecule has 0 aliphatic carbocycles. The molecule has 2 aromatic carbocycles. The van der Waals surface area contributed by atoms with Gasteiger partial charge in [0.15, 0.2) is 5.78 Å². The van der Waals surface area contributed by atoms with Crippen molar-refractivity contribution in [2.75, 3.05) is 0 Å². The van der Waals surface area contributed by atoms with Crippen molar-refractivity contribution in [3.05, 3.63) is 58.6 Å². The van der Waals surface area contributed by atoms with E-state index in [-0.39, 0.29) is 16.4 Å². The van der Waals surface area contributed by atoms with Gasteiger partial charge in [0, 0.05) is 17.2 Å². The summed E-state index contributed by atoms with van der Waals surface area (Å²) >= 11 is 5.94. The van der Waals surface area contributed by atoms with Gasteiger partial charge in [-0.3, -0.25) is 4.79 Å². The van der Waals surface area contributed by atoms with Gasteiger partial charge < -0.3 is 0 Å². The molecule has 4 heteroatoms. The molecule has 0 unspecified atom stereocenters. The van der Waals surface area contributed by atoms with E-state index < -0.39 is 11.6 Å². The molecule has 0 amide bonds. The zero-order valence-corrected chi connectivity index (χ0v) is 10.3. The number of hydrogen-bond donors (Lipinski definition) is 0. The van der Waals surface area contributed by atoms with Crippen molar-refractivity contribution in [2.24, 2.45) is 0 Å². The van der Waals surface area contributed by atoms with Crippen LogP contribution >= 0.6 is 11.6 Å². The highest BCUT2D eigenvalue weighted by molar-refractivity contribution is 6.34. The lowest BCUT2D eigenvalue weighted by atomic mass is 10.0. The van der Waals surface area contributed by atoms with Gasteiger partial charge in [0.1, 0.15) is 11.6 Å². The molecule has 92 valence electrons. The number of hydrogen-bond acceptors (Lipinski definition) is 1. The largest absolute Gasteiger partial charge is 0.294 e. The Labute approximate surface area is 108 Å². The van der Waals surface area contributed by atoms with Gasteiger partial charge in [-0.2, -0.15) is 0 Å². The third-order valence-corrected chi connectivity index (χ3v) is 2.90. The van der Waals surface area contributed by atoms with Crippen LogP contribution in [0.2, 0.25) is 5.02 Å². The van der Waals surface area contributed by atoms with E-state index in [9.17, 15) is 13.6 Å². The van der Waals surface area contributed by atoms with E-state index >= 15 is 0 Å². The smallest absolute Gasteiger partial charge is 0.161 e. The van der Waals surface area contributed by atoms with Crippen molar-refractivity contribution in [3.63, 3.8) is 0 Å². The van der Waals surface area contributed by atoms with E-state index in [0.717, 1.165) is 6.07 Å². The van der Waals surface area contributed by atoms with E-state index in [2.05, 4.69) is 0 Å². The van der Waals surface area contributed by atoms with Crippen LogP contribution in [0, 0.1) is 11.6 Å². The predicted octanol–water partition coefficient (Wildman–Crippen LogP) is 4.49. The lowest BCUT2D eigenvalue weighted by Crippen LogP contribution is -1.94. The first-order chi connectivity index (χ1) is 8.49. The Bertz CT molecular complexity index is 623. The Morgan fingerprint density at radius 2 is 1.83 bits per heavy atom. The third kappa shape index (κ3) is 2.41. The fourth-order valence-electron chi connectivity index (χ4n) is 1.69. The number of carbonyl (C=O) groups is 1. The molecule has 0 spiro atoms. The summed E-state index contributed by atoms with van der Waals surface area (Å²) in [6.45, 7) is 1.40. The maximum absolute atomic E-state index is 13.6. The zero-order chi connectivity index (χ0) is 13.3. The summed E-state index contributed by atoms with van der Waals surface area (Å²) in [5, 5.41) is 0.253. The van der Waals surface area contributed by atoms with E-state index in [1.54, 1.807) is 6.07 Å². The second-order valence-electron chi connectivity index (χ2n) is 3.87. The minimum atomic E-state index is -0.665. The summed E-state index contributed by atoms with van der Waals surface area (Å²) < 4.78 is 26.4. The molecule has 0 atom stereocenters. The highest BCUT2D eigenvalue weighted by Crippen LogP contribution is 2.28. The zero-order valence-electron chi connectivity index (χ0n) is 9.51. The second-order valence-corrected chi connectivity index (χ2v) is 4.28. The highest BCUT2D eigenvalue weighted by Gasteiger charge is 2.10. The standard InChI is InChI=1S/C14H9ClF2O/c1-8(18)11-4-2-9(6-13(11)15)12-5-3-10(16)7-14(12)17/h2-7H,1H3. The maximum Gasteiger partial charge on any atom is 0.161 e. The van der Waals surface area contributed by atoms with Gasteiger partial charge in [-0.15, -0.1) is 0 Å². The molecule has 0 N–H and O–H groups in total. The quantitative estimate of drug-likeness (QED) is 0.732. The first kappa shape index (κ1) is 12.7. The fraction of sp³-hybridized carbons (Fsp3) is 0.0714. The number of Topliss-reactive ketones (excluding diaryl/α,β-unsaturated/α-hetero) is 1. The minimum absolute atomic E-state index is 0.161. The van der Waals surface area contributed by atoms with Crippen LogP contribution in [0.25, 0.3) is 11.1 Å². The van der Waals surface area contributed by atoms with Crippen molar-refractivity contribution >= 4 is 17.4 Å². The van der Waals surface area contributed by atoms with Crippen LogP contribution in [0.15, 0.2) is 36.4 Å². The molecule has 0 radical (unpaired) electrons. The molecule has 0 heterocycles. The van der Waals surface area contributed by atoms with Crippen molar-refractivity contribution in [3.8, 4) is 11.1 Å². The summed E-state index contributed by atoms with van der Waals surface area (Å²) in [7, 11) is 0. The Balaban J connectivity index is 2.52. The molecular formula is C14H9ClF2O. The van der Waals surface area contributed by atoms with Crippen LogP contribution in [-0.2, 0) is 0 Å². The minimum Gasteiger partial charge on any atom is -0.294 e. The Kier molecular flexibility index (Phi) is 3.43. The molecule has 18 heavy (non-hydrogen) atoms. The van der Waals surface area contributed by atoms with Gasteiger partial charge in [0.25, 0.3) is 0 Å². The molecule has 0 bridgehead atoms. The Morgan fingerprint density at radius 1 is 1.11 bits per heavy atom. The van der Waals surface area contributed by atoms with E-state index in [0.29, 0.717) is 11.1 Å². The normalized spacial score (nSPS) is 10.4. The summed E-state index contributed by atoms with van der Waals surface area (Å²) in [6, 6.07) is 7.92. The van der Waals surface area contributed by atoms with Gasteiger partial charge in [0.2, 0.25) is 0 Å². The molecule has 0 aromatic heterocycles. The average molecular weight is 267 g/mol. The van der Waals surface area contributed by atoms with Crippen LogP contribution in [-0.4, -0.2) is 5.78 Å². The van der Waals surface area contributed by atoms with Crippen molar-refractivity contribution in [2.45, 2.75) is 6.92 Å². The maximum atomic E-state index is 13.6. The van der Waals surface area contributed by atoms with E-state index in [1.807, 2.05) is 0 Å². The average Bonchev–Trinajstić information content (AvgIpc) is 2.28. The fourth-order valence-corrected chi connectivity index (χ4v) is 2.01. The predicted molar refractivity (Wildman–Crippen MR) is 66.8 cm³/mol. The Morgan fingerprint density at radius 3 is 2.39 bits per heavy atom. The van der Waals surface area contributed by atoms with Crippen molar-refractivity contribution < 1.29 is 13.6 Å². The topological polar surface area (TPSA) is 17.1 Å². The molecule has 0 aliphatic heterocycles. The molecule has 0 saturated heterocycles. The molecule has 0 fully saturated rings. The number of carbonyl (C=O) groups excluding carboxylic acids is 1. The van der Waals surface area contributed by atoms with Gasteiger partial charge >= 0.3 is 0 Å².